The average Bonchev–Trinajstić information content (AvgIpc) is 2.61. The van der Waals surface area contributed by atoms with Crippen LogP contribution in [0.4, 0.5) is 0 Å². The maximum atomic E-state index is 12.2. The Hall–Kier alpha value is -0.580. The molecule has 0 unspecified atom stereocenters. The molecule has 1 heterocycles. The van der Waals surface area contributed by atoms with E-state index in [9.17, 15) is 13.2 Å². The van der Waals surface area contributed by atoms with E-state index in [1.165, 1.54) is 51.2 Å². The van der Waals surface area contributed by atoms with E-state index >= 15 is 0 Å². The molecule has 0 aromatic heterocycles. The molecule has 116 valence electrons. The zero-order valence-electron chi connectivity index (χ0n) is 12.6. The summed E-state index contributed by atoms with van der Waals surface area (Å²) in [7, 11) is -3.04. The number of nitrogens with zero attached hydrogens (tertiary/aromatic N) is 1. The molecule has 4 nitrogen and oxygen atoms in total. The molecule has 2 rings (SSSR count). The van der Waals surface area contributed by atoms with Crippen LogP contribution in [0.25, 0.3) is 0 Å². The molecular formula is C15H27NO3S. The molecule has 1 spiro atoms. The molecule has 0 N–H and O–H groups in total. The van der Waals surface area contributed by atoms with Crippen molar-refractivity contribution in [3.63, 3.8) is 0 Å². The Morgan fingerprint density at radius 1 is 1.05 bits per heavy atom. The zero-order chi connectivity index (χ0) is 14.6. The van der Waals surface area contributed by atoms with Crippen LogP contribution in [0, 0.1) is 5.41 Å². The van der Waals surface area contributed by atoms with Crippen molar-refractivity contribution in [1.82, 2.24) is 4.90 Å². The number of hydrogen-bond donors (Lipinski definition) is 0. The van der Waals surface area contributed by atoms with Gasteiger partial charge in [0.05, 0.1) is 5.75 Å². The van der Waals surface area contributed by atoms with Crippen molar-refractivity contribution in [2.45, 2.75) is 57.8 Å². The van der Waals surface area contributed by atoms with Gasteiger partial charge in [0.25, 0.3) is 0 Å². The Bertz CT molecular complexity index is 436. The summed E-state index contributed by atoms with van der Waals surface area (Å²) in [6.07, 6.45) is 11.3. The van der Waals surface area contributed by atoms with Gasteiger partial charge in [-0.15, -0.1) is 0 Å². The van der Waals surface area contributed by atoms with E-state index in [1.54, 1.807) is 0 Å². The van der Waals surface area contributed by atoms with Crippen LogP contribution < -0.4 is 0 Å². The minimum Gasteiger partial charge on any atom is -0.342 e. The molecule has 0 bridgehead atoms. The van der Waals surface area contributed by atoms with Crippen LogP contribution in [0.2, 0.25) is 0 Å². The minimum absolute atomic E-state index is 0.0185. The van der Waals surface area contributed by atoms with Crippen molar-refractivity contribution >= 4 is 15.7 Å². The second-order valence-corrected chi connectivity index (χ2v) is 8.97. The van der Waals surface area contributed by atoms with Crippen molar-refractivity contribution in [2.24, 2.45) is 5.41 Å². The number of piperidine rings is 1. The van der Waals surface area contributed by atoms with Crippen LogP contribution in [-0.4, -0.2) is 44.3 Å². The molecule has 0 radical (unpaired) electrons. The first-order valence-corrected chi connectivity index (χ1v) is 9.92. The Kier molecular flexibility index (Phi) is 5.10. The van der Waals surface area contributed by atoms with Gasteiger partial charge in [0.15, 0.2) is 0 Å². The highest BCUT2D eigenvalue weighted by molar-refractivity contribution is 7.90. The molecular weight excluding hydrogens is 274 g/mol. The molecule has 0 atom stereocenters. The van der Waals surface area contributed by atoms with Crippen LogP contribution in [0.15, 0.2) is 0 Å². The van der Waals surface area contributed by atoms with Gasteiger partial charge in [0.1, 0.15) is 9.84 Å². The highest BCUT2D eigenvalue weighted by Gasteiger charge is 2.36. The predicted molar refractivity (Wildman–Crippen MR) is 80.3 cm³/mol. The lowest BCUT2D eigenvalue weighted by molar-refractivity contribution is -0.134. The monoisotopic (exact) mass is 301 g/mol. The van der Waals surface area contributed by atoms with Gasteiger partial charge in [-0.2, -0.15) is 0 Å². The quantitative estimate of drug-likeness (QED) is 0.804. The van der Waals surface area contributed by atoms with Crippen LogP contribution in [-0.2, 0) is 14.6 Å². The molecule has 0 aromatic rings. The Labute approximate surface area is 122 Å². The second kappa shape index (κ2) is 6.46. The van der Waals surface area contributed by atoms with Gasteiger partial charge in [0.2, 0.25) is 5.91 Å². The summed E-state index contributed by atoms with van der Waals surface area (Å²) < 4.78 is 22.4. The smallest absolute Gasteiger partial charge is 0.223 e. The number of likely N-dealkylation sites (tertiary alicyclic amines) is 1. The Balaban J connectivity index is 1.93. The minimum atomic E-state index is -3.04. The van der Waals surface area contributed by atoms with Crippen molar-refractivity contribution in [2.75, 3.05) is 25.1 Å². The number of carbonyl (C=O) groups excluding carboxylic acids is 1. The fourth-order valence-corrected chi connectivity index (χ4v) is 4.28. The van der Waals surface area contributed by atoms with E-state index in [-0.39, 0.29) is 18.1 Å². The first kappa shape index (κ1) is 15.8. The van der Waals surface area contributed by atoms with Gasteiger partial charge >= 0.3 is 0 Å². The molecule has 1 saturated heterocycles. The molecule has 5 heteroatoms. The van der Waals surface area contributed by atoms with Crippen LogP contribution in [0.1, 0.15) is 57.8 Å². The first-order chi connectivity index (χ1) is 9.40. The summed E-state index contributed by atoms with van der Waals surface area (Å²) in [6, 6.07) is 0. The summed E-state index contributed by atoms with van der Waals surface area (Å²) >= 11 is 0. The summed E-state index contributed by atoms with van der Waals surface area (Å²) in [5.41, 5.74) is 0.329. The fourth-order valence-electron chi connectivity index (χ4n) is 3.74. The normalized spacial score (nSPS) is 23.6. The van der Waals surface area contributed by atoms with Gasteiger partial charge in [-0.1, -0.05) is 25.7 Å². The molecule has 0 aromatic carbocycles. The van der Waals surface area contributed by atoms with E-state index < -0.39 is 9.84 Å². The fraction of sp³-hybridized carbons (Fsp3) is 0.933. The van der Waals surface area contributed by atoms with E-state index in [0.717, 1.165) is 19.5 Å². The lowest BCUT2D eigenvalue weighted by atomic mass is 9.74. The van der Waals surface area contributed by atoms with Crippen LogP contribution in [0.3, 0.4) is 0 Å². The van der Waals surface area contributed by atoms with Gasteiger partial charge in [-0.25, -0.2) is 8.42 Å². The van der Waals surface area contributed by atoms with Crippen LogP contribution in [0.5, 0.6) is 0 Å². The highest BCUT2D eigenvalue weighted by Crippen LogP contribution is 2.42. The van der Waals surface area contributed by atoms with Gasteiger partial charge in [-0.3, -0.25) is 4.79 Å². The maximum Gasteiger partial charge on any atom is 0.223 e. The first-order valence-electron chi connectivity index (χ1n) is 7.86. The zero-order valence-corrected chi connectivity index (χ0v) is 13.4. The SMILES string of the molecule is CS(=O)(=O)CCC(=O)N1CCCC2(CCCCCC2)C1. The van der Waals surface area contributed by atoms with Crippen molar-refractivity contribution in [3.05, 3.63) is 0 Å². The molecule has 2 aliphatic rings. The number of hydrogen-bond acceptors (Lipinski definition) is 3. The summed E-state index contributed by atoms with van der Waals surface area (Å²) in [4.78, 5) is 14.1. The van der Waals surface area contributed by atoms with E-state index in [0.29, 0.717) is 5.41 Å². The predicted octanol–water partition coefficient (Wildman–Crippen LogP) is 2.38. The molecule has 2 fully saturated rings. The standard InChI is InChI=1S/C15H27NO3S/c1-20(18,19)12-7-14(17)16-11-6-10-15(13-16)8-4-2-3-5-9-15/h2-13H2,1H3. The number of amides is 1. The average molecular weight is 301 g/mol. The molecule has 20 heavy (non-hydrogen) atoms. The molecule has 1 aliphatic carbocycles. The Morgan fingerprint density at radius 2 is 1.65 bits per heavy atom. The van der Waals surface area contributed by atoms with Crippen LogP contribution >= 0.6 is 0 Å². The van der Waals surface area contributed by atoms with E-state index in [1.807, 2.05) is 4.90 Å². The van der Waals surface area contributed by atoms with Crippen molar-refractivity contribution in [3.8, 4) is 0 Å². The Morgan fingerprint density at radius 3 is 2.25 bits per heavy atom. The number of rotatable bonds is 3. The number of carbonyl (C=O) groups is 1. The lowest BCUT2D eigenvalue weighted by Gasteiger charge is -2.43. The third-order valence-corrected chi connectivity index (χ3v) is 5.81. The second-order valence-electron chi connectivity index (χ2n) is 6.71. The van der Waals surface area contributed by atoms with E-state index in [2.05, 4.69) is 0 Å². The van der Waals surface area contributed by atoms with Crippen molar-refractivity contribution < 1.29 is 13.2 Å². The summed E-state index contributed by atoms with van der Waals surface area (Å²) in [5.74, 6) is 0.00810. The van der Waals surface area contributed by atoms with Gasteiger partial charge < -0.3 is 4.90 Å². The van der Waals surface area contributed by atoms with Gasteiger partial charge in [-0.05, 0) is 31.1 Å². The van der Waals surface area contributed by atoms with Crippen molar-refractivity contribution in [1.29, 1.82) is 0 Å². The lowest BCUT2D eigenvalue weighted by Crippen LogP contribution is -2.46. The largest absolute Gasteiger partial charge is 0.342 e. The number of sulfone groups is 1. The third-order valence-electron chi connectivity index (χ3n) is 4.87. The third kappa shape index (κ3) is 4.47. The molecule has 1 aliphatic heterocycles. The topological polar surface area (TPSA) is 54.5 Å². The van der Waals surface area contributed by atoms with Gasteiger partial charge in [0, 0.05) is 25.8 Å². The highest BCUT2D eigenvalue weighted by atomic mass is 32.2. The maximum absolute atomic E-state index is 12.2. The molecule has 1 amide bonds. The van der Waals surface area contributed by atoms with E-state index in [4.69, 9.17) is 0 Å². The summed E-state index contributed by atoms with van der Waals surface area (Å²) in [6.45, 7) is 1.67. The molecule has 1 saturated carbocycles. The summed E-state index contributed by atoms with van der Waals surface area (Å²) in [5, 5.41) is 0.